The van der Waals surface area contributed by atoms with Crippen molar-refractivity contribution in [2.75, 3.05) is 27.8 Å². The number of ether oxygens (including phenoxy) is 2. The molecule has 1 heterocycles. The SMILES string of the molecule is COc1cc(Br)c(CC(=O)N(C)CC(=O)NCc2ccco2)cc1OC. The second-order valence-electron chi connectivity index (χ2n) is 5.58. The van der Waals surface area contributed by atoms with Gasteiger partial charge in [0.2, 0.25) is 11.8 Å². The summed E-state index contributed by atoms with van der Waals surface area (Å²) in [6, 6.07) is 7.00. The molecule has 2 rings (SSSR count). The number of benzene rings is 1. The van der Waals surface area contributed by atoms with Gasteiger partial charge < -0.3 is 24.1 Å². The third-order valence-corrected chi connectivity index (χ3v) is 4.48. The van der Waals surface area contributed by atoms with Crippen LogP contribution in [0.2, 0.25) is 0 Å². The summed E-state index contributed by atoms with van der Waals surface area (Å²) in [4.78, 5) is 25.8. The number of hydrogen-bond acceptors (Lipinski definition) is 5. The van der Waals surface area contributed by atoms with Gasteiger partial charge in [0.05, 0.1) is 40.0 Å². The van der Waals surface area contributed by atoms with Crippen molar-refractivity contribution in [2.24, 2.45) is 0 Å². The molecule has 0 aliphatic carbocycles. The molecule has 0 aliphatic rings. The Hall–Kier alpha value is -2.48. The highest BCUT2D eigenvalue weighted by Gasteiger charge is 2.17. The van der Waals surface area contributed by atoms with Gasteiger partial charge in [-0.1, -0.05) is 15.9 Å². The minimum Gasteiger partial charge on any atom is -0.493 e. The lowest BCUT2D eigenvalue weighted by Crippen LogP contribution is -2.38. The summed E-state index contributed by atoms with van der Waals surface area (Å²) in [5.74, 6) is 1.31. The Balaban J connectivity index is 1.93. The van der Waals surface area contributed by atoms with Crippen molar-refractivity contribution >= 4 is 27.7 Å². The molecule has 0 fully saturated rings. The molecule has 140 valence electrons. The minimum atomic E-state index is -0.261. The second-order valence-corrected chi connectivity index (χ2v) is 6.44. The van der Waals surface area contributed by atoms with Gasteiger partial charge in [0.1, 0.15) is 5.76 Å². The summed E-state index contributed by atoms with van der Waals surface area (Å²) in [5.41, 5.74) is 0.746. The quantitative estimate of drug-likeness (QED) is 0.703. The van der Waals surface area contributed by atoms with Gasteiger partial charge in [-0.15, -0.1) is 0 Å². The van der Waals surface area contributed by atoms with E-state index in [1.54, 1.807) is 38.4 Å². The number of amides is 2. The van der Waals surface area contributed by atoms with Crippen LogP contribution in [-0.2, 0) is 22.6 Å². The number of nitrogens with one attached hydrogen (secondary N) is 1. The van der Waals surface area contributed by atoms with E-state index in [1.165, 1.54) is 18.3 Å². The van der Waals surface area contributed by atoms with Gasteiger partial charge in [-0.2, -0.15) is 0 Å². The number of hydrogen-bond donors (Lipinski definition) is 1. The molecular weight excluding hydrogens is 404 g/mol. The molecule has 8 heteroatoms. The van der Waals surface area contributed by atoms with Crippen LogP contribution >= 0.6 is 15.9 Å². The molecule has 0 saturated heterocycles. The first kappa shape index (κ1) is 19.8. The van der Waals surface area contributed by atoms with Gasteiger partial charge >= 0.3 is 0 Å². The van der Waals surface area contributed by atoms with Crippen LogP contribution < -0.4 is 14.8 Å². The van der Waals surface area contributed by atoms with E-state index in [-0.39, 0.29) is 31.3 Å². The molecule has 1 aromatic heterocycles. The normalized spacial score (nSPS) is 10.3. The molecule has 0 unspecified atom stereocenters. The maximum absolute atomic E-state index is 12.4. The number of halogens is 1. The van der Waals surface area contributed by atoms with E-state index in [0.717, 1.165) is 10.0 Å². The fraction of sp³-hybridized carbons (Fsp3) is 0.333. The van der Waals surface area contributed by atoms with Gasteiger partial charge in [0.25, 0.3) is 0 Å². The van der Waals surface area contributed by atoms with Gasteiger partial charge in [0.15, 0.2) is 11.5 Å². The molecule has 7 nitrogen and oxygen atoms in total. The first-order valence-corrected chi connectivity index (χ1v) is 8.67. The summed E-state index contributed by atoms with van der Waals surface area (Å²) in [6.07, 6.45) is 1.67. The third-order valence-electron chi connectivity index (χ3n) is 3.74. The first-order chi connectivity index (χ1) is 12.4. The Morgan fingerprint density at radius 3 is 2.54 bits per heavy atom. The number of likely N-dealkylation sites (N-methyl/N-ethyl adjacent to an activating group) is 1. The topological polar surface area (TPSA) is 81.0 Å². The molecular formula is C18H21BrN2O5. The molecule has 0 aliphatic heterocycles. The molecule has 0 bridgehead atoms. The molecule has 1 aromatic carbocycles. The highest BCUT2D eigenvalue weighted by molar-refractivity contribution is 9.10. The lowest BCUT2D eigenvalue weighted by molar-refractivity contribution is -0.134. The highest BCUT2D eigenvalue weighted by atomic mass is 79.9. The van der Waals surface area contributed by atoms with E-state index in [0.29, 0.717) is 17.3 Å². The van der Waals surface area contributed by atoms with Crippen LogP contribution in [0.25, 0.3) is 0 Å². The number of methoxy groups -OCH3 is 2. The number of carbonyl (C=O) groups is 2. The van der Waals surface area contributed by atoms with Crippen LogP contribution in [0.3, 0.4) is 0 Å². The van der Waals surface area contributed by atoms with E-state index in [4.69, 9.17) is 13.9 Å². The predicted molar refractivity (Wildman–Crippen MR) is 99.1 cm³/mol. The second kappa shape index (κ2) is 9.28. The Bertz CT molecular complexity index is 761. The molecule has 0 atom stereocenters. The molecule has 1 N–H and O–H groups in total. The maximum Gasteiger partial charge on any atom is 0.239 e. The van der Waals surface area contributed by atoms with Crippen LogP contribution in [0, 0.1) is 0 Å². The van der Waals surface area contributed by atoms with E-state index >= 15 is 0 Å². The van der Waals surface area contributed by atoms with Crippen LogP contribution in [0.15, 0.2) is 39.4 Å². The van der Waals surface area contributed by atoms with E-state index in [1.807, 2.05) is 0 Å². The van der Waals surface area contributed by atoms with Crippen LogP contribution in [0.4, 0.5) is 0 Å². The Morgan fingerprint density at radius 2 is 1.92 bits per heavy atom. The summed E-state index contributed by atoms with van der Waals surface area (Å²) in [5, 5.41) is 2.71. The van der Waals surface area contributed by atoms with Gasteiger partial charge in [0, 0.05) is 11.5 Å². The molecule has 0 radical (unpaired) electrons. The summed E-state index contributed by atoms with van der Waals surface area (Å²) >= 11 is 3.43. The molecule has 26 heavy (non-hydrogen) atoms. The summed E-state index contributed by atoms with van der Waals surface area (Å²) in [6.45, 7) is 0.250. The average Bonchev–Trinajstić information content (AvgIpc) is 3.14. The molecule has 0 saturated carbocycles. The predicted octanol–water partition coefficient (Wildman–Crippen LogP) is 2.38. The zero-order chi connectivity index (χ0) is 19.1. The highest BCUT2D eigenvalue weighted by Crippen LogP contribution is 2.33. The van der Waals surface area contributed by atoms with Crippen LogP contribution in [-0.4, -0.2) is 44.5 Å². The number of rotatable bonds is 8. The van der Waals surface area contributed by atoms with Crippen molar-refractivity contribution in [3.8, 4) is 11.5 Å². The minimum absolute atomic E-state index is 0.0373. The van der Waals surface area contributed by atoms with E-state index < -0.39 is 0 Å². The van der Waals surface area contributed by atoms with Gasteiger partial charge in [-0.3, -0.25) is 9.59 Å². The van der Waals surface area contributed by atoms with Gasteiger partial charge in [-0.25, -0.2) is 0 Å². The zero-order valence-corrected chi connectivity index (χ0v) is 16.5. The fourth-order valence-corrected chi connectivity index (χ4v) is 2.75. The largest absolute Gasteiger partial charge is 0.493 e. The van der Waals surface area contributed by atoms with Crippen molar-refractivity contribution in [3.05, 3.63) is 46.3 Å². The van der Waals surface area contributed by atoms with Gasteiger partial charge in [-0.05, 0) is 29.8 Å². The standard InChI is InChI=1S/C18H21BrN2O5/c1-21(11-17(22)20-10-13-5-4-6-26-13)18(23)8-12-7-15(24-2)16(25-3)9-14(12)19/h4-7,9H,8,10-11H2,1-3H3,(H,20,22). The van der Waals surface area contributed by atoms with E-state index in [9.17, 15) is 9.59 Å². The Kier molecular flexibility index (Phi) is 7.08. The Labute approximate surface area is 160 Å². The molecule has 2 amide bonds. The fourth-order valence-electron chi connectivity index (χ4n) is 2.29. The zero-order valence-electron chi connectivity index (χ0n) is 14.9. The van der Waals surface area contributed by atoms with Crippen molar-refractivity contribution in [2.45, 2.75) is 13.0 Å². The molecule has 0 spiro atoms. The first-order valence-electron chi connectivity index (χ1n) is 7.88. The van der Waals surface area contributed by atoms with Crippen molar-refractivity contribution < 1.29 is 23.5 Å². The van der Waals surface area contributed by atoms with Crippen molar-refractivity contribution in [1.82, 2.24) is 10.2 Å². The molecule has 2 aromatic rings. The summed E-state index contributed by atoms with van der Waals surface area (Å²) in [7, 11) is 4.67. The lowest BCUT2D eigenvalue weighted by atomic mass is 10.1. The third kappa shape index (κ3) is 5.26. The number of nitrogens with zero attached hydrogens (tertiary/aromatic N) is 1. The Morgan fingerprint density at radius 1 is 1.23 bits per heavy atom. The monoisotopic (exact) mass is 424 g/mol. The summed E-state index contributed by atoms with van der Waals surface area (Å²) < 4.78 is 16.4. The van der Waals surface area contributed by atoms with Crippen molar-refractivity contribution in [1.29, 1.82) is 0 Å². The maximum atomic E-state index is 12.4. The number of carbonyl (C=O) groups excluding carboxylic acids is 2. The van der Waals surface area contributed by atoms with E-state index in [2.05, 4.69) is 21.2 Å². The van der Waals surface area contributed by atoms with Crippen molar-refractivity contribution in [3.63, 3.8) is 0 Å². The van der Waals surface area contributed by atoms with Crippen LogP contribution in [0.1, 0.15) is 11.3 Å². The number of furan rings is 1. The smallest absolute Gasteiger partial charge is 0.239 e. The van der Waals surface area contributed by atoms with Crippen LogP contribution in [0.5, 0.6) is 11.5 Å². The average molecular weight is 425 g/mol. The lowest BCUT2D eigenvalue weighted by Gasteiger charge is -2.18.